The fraction of sp³-hybridized carbons (Fsp3) is 0. The van der Waals surface area contributed by atoms with Crippen LogP contribution in [0.5, 0.6) is 0 Å². The molecule has 0 atom stereocenters. The van der Waals surface area contributed by atoms with Crippen LogP contribution < -0.4 is 0 Å². The summed E-state index contributed by atoms with van der Waals surface area (Å²) in [6.07, 6.45) is 0. The fourth-order valence-electron chi connectivity index (χ4n) is 1.92. The van der Waals surface area contributed by atoms with Gasteiger partial charge in [-0.15, -0.1) is 0 Å². The number of aromatic amines is 1. The Morgan fingerprint density at radius 2 is 1.53 bits per heavy atom. The smallest absolute Gasteiger partial charge is 0.156 e. The van der Waals surface area contributed by atoms with Crippen LogP contribution in [0.2, 0.25) is 0 Å². The van der Waals surface area contributed by atoms with Crippen molar-refractivity contribution in [3.8, 4) is 11.3 Å². The summed E-state index contributed by atoms with van der Waals surface area (Å²) >= 11 is 0. The number of hydrogen-bond acceptors (Lipinski definition) is 0. The van der Waals surface area contributed by atoms with Gasteiger partial charge in [0.1, 0.15) is 5.82 Å². The van der Waals surface area contributed by atoms with Gasteiger partial charge in [-0.2, -0.15) is 0 Å². The zero-order chi connectivity index (χ0) is 11.8. The summed E-state index contributed by atoms with van der Waals surface area (Å²) in [7, 11) is 0. The van der Waals surface area contributed by atoms with Gasteiger partial charge in [0.25, 0.3) is 0 Å². The van der Waals surface area contributed by atoms with Gasteiger partial charge >= 0.3 is 0 Å². The Kier molecular flexibility index (Phi) is 2.18. The molecule has 0 saturated carbocycles. The number of halogens is 2. The van der Waals surface area contributed by atoms with Crippen molar-refractivity contribution in [2.24, 2.45) is 0 Å². The maximum atomic E-state index is 14.1. The van der Waals surface area contributed by atoms with E-state index in [1.54, 1.807) is 24.3 Å². The van der Waals surface area contributed by atoms with Crippen molar-refractivity contribution in [3.05, 3.63) is 60.2 Å². The van der Waals surface area contributed by atoms with Gasteiger partial charge in [-0.3, -0.25) is 0 Å². The van der Waals surface area contributed by atoms with Crippen LogP contribution in [0.4, 0.5) is 8.78 Å². The summed E-state index contributed by atoms with van der Waals surface area (Å²) in [5, 5.41) is 0.548. The first kappa shape index (κ1) is 10.0. The van der Waals surface area contributed by atoms with E-state index >= 15 is 0 Å². The third-order valence-corrected chi connectivity index (χ3v) is 2.78. The predicted octanol–water partition coefficient (Wildman–Crippen LogP) is 4.11. The van der Waals surface area contributed by atoms with E-state index in [1.807, 2.05) is 12.1 Å². The Balaban J connectivity index is 2.24. The predicted molar refractivity (Wildman–Crippen MR) is 63.7 cm³/mol. The number of benzene rings is 2. The van der Waals surface area contributed by atoms with E-state index in [-0.39, 0.29) is 11.6 Å². The molecule has 2 aromatic carbocycles. The molecule has 1 aromatic heterocycles. The molecular weight excluding hydrogens is 220 g/mol. The highest BCUT2D eigenvalue weighted by Gasteiger charge is 2.12. The third-order valence-electron chi connectivity index (χ3n) is 2.78. The normalized spacial score (nSPS) is 10.9. The molecule has 0 bridgehead atoms. The van der Waals surface area contributed by atoms with Crippen molar-refractivity contribution in [2.75, 3.05) is 0 Å². The average Bonchev–Trinajstić information content (AvgIpc) is 2.69. The lowest BCUT2D eigenvalue weighted by atomic mass is 10.1. The zero-order valence-corrected chi connectivity index (χ0v) is 8.87. The highest BCUT2D eigenvalue weighted by atomic mass is 19.1. The van der Waals surface area contributed by atoms with Crippen molar-refractivity contribution >= 4 is 10.9 Å². The van der Waals surface area contributed by atoms with Gasteiger partial charge < -0.3 is 4.98 Å². The lowest BCUT2D eigenvalue weighted by Gasteiger charge is -1.97. The highest BCUT2D eigenvalue weighted by molar-refractivity contribution is 5.86. The van der Waals surface area contributed by atoms with Crippen LogP contribution in [0.25, 0.3) is 22.2 Å². The van der Waals surface area contributed by atoms with E-state index in [9.17, 15) is 8.78 Å². The van der Waals surface area contributed by atoms with Crippen LogP contribution in [0.1, 0.15) is 0 Å². The summed E-state index contributed by atoms with van der Waals surface area (Å²) in [6, 6.07) is 12.9. The molecule has 3 heteroatoms. The largest absolute Gasteiger partial charge is 0.352 e. The maximum absolute atomic E-state index is 14.1. The average molecular weight is 229 g/mol. The molecule has 17 heavy (non-hydrogen) atoms. The zero-order valence-electron chi connectivity index (χ0n) is 8.87. The van der Waals surface area contributed by atoms with Crippen LogP contribution in [-0.2, 0) is 0 Å². The van der Waals surface area contributed by atoms with Gasteiger partial charge in [0.15, 0.2) is 5.82 Å². The number of rotatable bonds is 1. The van der Waals surface area contributed by atoms with E-state index in [1.165, 1.54) is 12.1 Å². The summed E-state index contributed by atoms with van der Waals surface area (Å²) in [5.74, 6) is -0.627. The van der Waals surface area contributed by atoms with Crippen molar-refractivity contribution in [3.63, 3.8) is 0 Å². The van der Waals surface area contributed by atoms with Crippen LogP contribution in [0, 0.1) is 11.6 Å². The van der Waals surface area contributed by atoms with Crippen LogP contribution in [-0.4, -0.2) is 4.98 Å². The van der Waals surface area contributed by atoms with Gasteiger partial charge in [-0.25, -0.2) is 8.78 Å². The van der Waals surface area contributed by atoms with Crippen molar-refractivity contribution in [2.45, 2.75) is 0 Å². The lowest BCUT2D eigenvalue weighted by Crippen LogP contribution is -1.81. The summed E-state index contributed by atoms with van der Waals surface area (Å²) in [4.78, 5) is 3.00. The first-order valence-electron chi connectivity index (χ1n) is 5.28. The SMILES string of the molecule is Fc1ccc(-c2[nH]c3ccccc3c2F)cc1. The first-order chi connectivity index (χ1) is 8.25. The van der Waals surface area contributed by atoms with E-state index in [4.69, 9.17) is 0 Å². The molecule has 1 N–H and O–H groups in total. The quantitative estimate of drug-likeness (QED) is 0.646. The van der Waals surface area contributed by atoms with Gasteiger partial charge in [-0.05, 0) is 36.4 Å². The number of nitrogens with one attached hydrogen (secondary N) is 1. The molecule has 0 spiro atoms. The van der Waals surface area contributed by atoms with E-state index in [0.717, 1.165) is 5.52 Å². The summed E-state index contributed by atoms with van der Waals surface area (Å²) in [5.41, 5.74) is 1.77. The lowest BCUT2D eigenvalue weighted by molar-refractivity contribution is 0.627. The number of aromatic nitrogens is 1. The Morgan fingerprint density at radius 3 is 2.24 bits per heavy atom. The Hall–Kier alpha value is -2.16. The van der Waals surface area contributed by atoms with Crippen LogP contribution in [0.15, 0.2) is 48.5 Å². The van der Waals surface area contributed by atoms with Crippen molar-refractivity contribution in [1.29, 1.82) is 0 Å². The van der Waals surface area contributed by atoms with Gasteiger partial charge in [0.2, 0.25) is 0 Å². The standard InChI is InChI=1S/C14H9F2N/c15-10-7-5-9(6-8-10)14-13(16)11-3-1-2-4-12(11)17-14/h1-8,17H. The molecule has 0 aliphatic carbocycles. The molecule has 0 saturated heterocycles. The molecule has 3 aromatic rings. The Labute approximate surface area is 96.7 Å². The first-order valence-corrected chi connectivity index (χ1v) is 5.28. The minimum absolute atomic E-state index is 0.299. The molecule has 1 heterocycles. The molecular formula is C14H9F2N. The topological polar surface area (TPSA) is 15.8 Å². The van der Waals surface area contributed by atoms with Gasteiger partial charge in [-0.1, -0.05) is 12.1 Å². The van der Waals surface area contributed by atoms with E-state index < -0.39 is 0 Å². The number of fused-ring (bicyclic) bond motifs is 1. The highest BCUT2D eigenvalue weighted by Crippen LogP contribution is 2.28. The molecule has 0 aliphatic rings. The van der Waals surface area contributed by atoms with E-state index in [2.05, 4.69) is 4.98 Å². The molecule has 0 radical (unpaired) electrons. The number of para-hydroxylation sites is 1. The van der Waals surface area contributed by atoms with E-state index in [0.29, 0.717) is 16.6 Å². The van der Waals surface area contributed by atoms with Crippen LogP contribution >= 0.6 is 0 Å². The van der Waals surface area contributed by atoms with Crippen molar-refractivity contribution in [1.82, 2.24) is 4.98 Å². The molecule has 0 fully saturated rings. The maximum Gasteiger partial charge on any atom is 0.156 e. The third kappa shape index (κ3) is 1.60. The second-order valence-electron chi connectivity index (χ2n) is 3.87. The minimum atomic E-state index is -0.328. The molecule has 0 unspecified atom stereocenters. The number of hydrogen-bond donors (Lipinski definition) is 1. The fourth-order valence-corrected chi connectivity index (χ4v) is 1.92. The second-order valence-corrected chi connectivity index (χ2v) is 3.87. The van der Waals surface area contributed by atoms with Gasteiger partial charge in [0.05, 0.1) is 5.69 Å². The number of H-pyrrole nitrogens is 1. The summed E-state index contributed by atoms with van der Waals surface area (Å²) < 4.78 is 26.9. The second kappa shape index (κ2) is 3.70. The molecule has 1 nitrogen and oxygen atoms in total. The molecule has 84 valence electrons. The van der Waals surface area contributed by atoms with Crippen LogP contribution in [0.3, 0.4) is 0 Å². The van der Waals surface area contributed by atoms with Gasteiger partial charge in [0, 0.05) is 16.5 Å². The Morgan fingerprint density at radius 1 is 0.824 bits per heavy atom. The Bertz CT molecular complexity index is 668. The summed E-state index contributed by atoms with van der Waals surface area (Å²) in [6.45, 7) is 0. The van der Waals surface area contributed by atoms with Crippen molar-refractivity contribution < 1.29 is 8.78 Å². The minimum Gasteiger partial charge on any atom is -0.352 e. The monoisotopic (exact) mass is 229 g/mol. The molecule has 3 rings (SSSR count). The molecule has 0 amide bonds. The molecule has 0 aliphatic heterocycles.